The summed E-state index contributed by atoms with van der Waals surface area (Å²) < 4.78 is 0. The van der Waals surface area contributed by atoms with Crippen molar-refractivity contribution in [3.05, 3.63) is 29.8 Å². The third-order valence-electron chi connectivity index (χ3n) is 3.32. The highest BCUT2D eigenvalue weighted by atomic mass is 16.1. The van der Waals surface area contributed by atoms with Gasteiger partial charge >= 0.3 is 0 Å². The zero-order valence-corrected chi connectivity index (χ0v) is 12.5. The molecular weight excluding hydrogens is 238 g/mol. The summed E-state index contributed by atoms with van der Waals surface area (Å²) in [6.45, 7) is 6.78. The summed E-state index contributed by atoms with van der Waals surface area (Å²) in [5.74, 6) is 0.102. The van der Waals surface area contributed by atoms with Crippen LogP contribution in [0.25, 0.3) is 0 Å². The van der Waals surface area contributed by atoms with Crippen molar-refractivity contribution < 1.29 is 4.79 Å². The Morgan fingerprint density at radius 1 is 1.32 bits per heavy atom. The van der Waals surface area contributed by atoms with Gasteiger partial charge in [0.15, 0.2) is 0 Å². The lowest BCUT2D eigenvalue weighted by Gasteiger charge is -2.29. The Hall–Kier alpha value is -1.55. The highest BCUT2D eigenvalue weighted by Crippen LogP contribution is 2.23. The molecule has 0 aliphatic carbocycles. The molecule has 1 atom stereocenters. The predicted octanol–water partition coefficient (Wildman–Crippen LogP) is 1.70. The van der Waals surface area contributed by atoms with Crippen LogP contribution in [-0.2, 0) is 10.3 Å². The first-order chi connectivity index (χ1) is 8.77. The third kappa shape index (κ3) is 3.70. The molecular formula is C15H25N3O. The van der Waals surface area contributed by atoms with E-state index in [1.807, 2.05) is 50.2 Å². The molecule has 3 N–H and O–H groups in total. The summed E-state index contributed by atoms with van der Waals surface area (Å²) >= 11 is 0. The van der Waals surface area contributed by atoms with Gasteiger partial charge in [-0.15, -0.1) is 0 Å². The van der Waals surface area contributed by atoms with Crippen molar-refractivity contribution in [3.63, 3.8) is 0 Å². The minimum Gasteiger partial charge on any atom is -0.378 e. The Kier molecular flexibility index (Phi) is 4.95. The summed E-state index contributed by atoms with van der Waals surface area (Å²) in [5, 5.41) is 3.27. The number of carbonyl (C=O) groups is 1. The van der Waals surface area contributed by atoms with Crippen LogP contribution in [0.1, 0.15) is 26.3 Å². The van der Waals surface area contributed by atoms with E-state index in [2.05, 4.69) is 19.2 Å². The van der Waals surface area contributed by atoms with Gasteiger partial charge in [-0.1, -0.05) is 26.0 Å². The molecule has 1 rings (SSSR count). The van der Waals surface area contributed by atoms with Gasteiger partial charge in [-0.3, -0.25) is 10.1 Å². The topological polar surface area (TPSA) is 58.4 Å². The molecule has 0 radical (unpaired) electrons. The normalized spacial score (nSPS) is 14.2. The average Bonchev–Trinajstić information content (AvgIpc) is 2.35. The molecule has 0 bridgehead atoms. The Morgan fingerprint density at radius 2 is 1.84 bits per heavy atom. The first kappa shape index (κ1) is 15.5. The van der Waals surface area contributed by atoms with E-state index in [1.54, 1.807) is 0 Å². The van der Waals surface area contributed by atoms with Crippen molar-refractivity contribution in [3.8, 4) is 0 Å². The quantitative estimate of drug-likeness (QED) is 0.821. The largest absolute Gasteiger partial charge is 0.378 e. The van der Waals surface area contributed by atoms with E-state index in [0.29, 0.717) is 5.92 Å². The van der Waals surface area contributed by atoms with Crippen LogP contribution in [-0.4, -0.2) is 26.5 Å². The molecule has 0 saturated carbocycles. The second-order valence-corrected chi connectivity index (χ2v) is 5.71. The first-order valence-corrected chi connectivity index (χ1v) is 6.60. The zero-order valence-electron chi connectivity index (χ0n) is 12.5. The zero-order chi connectivity index (χ0) is 14.6. The standard InChI is InChI=1S/C15H25N3O/c1-11(2)10-17-15(3,14(16)19)12-6-8-13(9-7-12)18(4)5/h6-9,11,17H,10H2,1-5H3,(H2,16,19). The summed E-state index contributed by atoms with van der Waals surface area (Å²) in [6, 6.07) is 7.89. The maximum absolute atomic E-state index is 11.8. The van der Waals surface area contributed by atoms with Gasteiger partial charge in [0, 0.05) is 19.8 Å². The van der Waals surface area contributed by atoms with Gasteiger partial charge in [-0.05, 0) is 37.1 Å². The molecule has 4 nitrogen and oxygen atoms in total. The number of rotatable bonds is 6. The summed E-state index contributed by atoms with van der Waals surface area (Å²) in [7, 11) is 3.97. The highest BCUT2D eigenvalue weighted by molar-refractivity contribution is 5.85. The number of carbonyl (C=O) groups excluding carboxylic acids is 1. The summed E-state index contributed by atoms with van der Waals surface area (Å²) in [5.41, 5.74) is 6.74. The molecule has 0 heterocycles. The van der Waals surface area contributed by atoms with E-state index in [0.717, 1.165) is 17.8 Å². The molecule has 1 unspecified atom stereocenters. The Balaban J connectivity index is 3.01. The van der Waals surface area contributed by atoms with Gasteiger partial charge in [0.05, 0.1) is 0 Å². The molecule has 4 heteroatoms. The Morgan fingerprint density at radius 3 is 2.21 bits per heavy atom. The number of primary amides is 1. The molecule has 0 fully saturated rings. The van der Waals surface area contributed by atoms with Crippen LogP contribution >= 0.6 is 0 Å². The lowest BCUT2D eigenvalue weighted by molar-refractivity contribution is -0.124. The molecule has 0 aliphatic rings. The van der Waals surface area contributed by atoms with E-state index in [1.165, 1.54) is 0 Å². The lowest BCUT2D eigenvalue weighted by atomic mass is 9.90. The van der Waals surface area contributed by atoms with Crippen LogP contribution in [0.15, 0.2) is 24.3 Å². The van der Waals surface area contributed by atoms with Crippen molar-refractivity contribution in [2.24, 2.45) is 11.7 Å². The smallest absolute Gasteiger partial charge is 0.242 e. The SMILES string of the molecule is CC(C)CNC(C)(C(N)=O)c1ccc(N(C)C)cc1. The van der Waals surface area contributed by atoms with Crippen LogP contribution < -0.4 is 16.0 Å². The maximum Gasteiger partial charge on any atom is 0.242 e. The fourth-order valence-corrected chi connectivity index (χ4v) is 1.83. The van der Waals surface area contributed by atoms with Gasteiger partial charge < -0.3 is 10.6 Å². The fraction of sp³-hybridized carbons (Fsp3) is 0.533. The average molecular weight is 263 g/mol. The van der Waals surface area contributed by atoms with Crippen LogP contribution in [0.3, 0.4) is 0 Å². The molecule has 1 amide bonds. The Bertz CT molecular complexity index is 426. The Labute approximate surface area is 116 Å². The van der Waals surface area contributed by atoms with Crippen molar-refractivity contribution in [2.45, 2.75) is 26.3 Å². The minimum absolute atomic E-state index is 0.356. The summed E-state index contributed by atoms with van der Waals surface area (Å²) in [4.78, 5) is 13.8. The van der Waals surface area contributed by atoms with Gasteiger partial charge in [-0.25, -0.2) is 0 Å². The number of nitrogens with one attached hydrogen (secondary N) is 1. The van der Waals surface area contributed by atoms with Crippen molar-refractivity contribution in [1.82, 2.24) is 5.32 Å². The van der Waals surface area contributed by atoms with Crippen molar-refractivity contribution >= 4 is 11.6 Å². The van der Waals surface area contributed by atoms with E-state index >= 15 is 0 Å². The predicted molar refractivity (Wildman–Crippen MR) is 80.2 cm³/mol. The number of nitrogens with two attached hydrogens (primary N) is 1. The van der Waals surface area contributed by atoms with Gasteiger partial charge in [0.25, 0.3) is 0 Å². The number of benzene rings is 1. The first-order valence-electron chi connectivity index (χ1n) is 6.60. The van der Waals surface area contributed by atoms with Gasteiger partial charge in [-0.2, -0.15) is 0 Å². The summed E-state index contributed by atoms with van der Waals surface area (Å²) in [6.07, 6.45) is 0. The highest BCUT2D eigenvalue weighted by Gasteiger charge is 2.32. The number of hydrogen-bond acceptors (Lipinski definition) is 3. The molecule has 0 aliphatic heterocycles. The maximum atomic E-state index is 11.8. The van der Waals surface area contributed by atoms with Crippen LogP contribution in [0, 0.1) is 5.92 Å². The van der Waals surface area contributed by atoms with Crippen molar-refractivity contribution in [1.29, 1.82) is 0 Å². The van der Waals surface area contributed by atoms with E-state index < -0.39 is 5.54 Å². The lowest BCUT2D eigenvalue weighted by Crippen LogP contribution is -2.51. The number of amides is 1. The van der Waals surface area contributed by atoms with Crippen LogP contribution in [0.5, 0.6) is 0 Å². The molecule has 0 aromatic heterocycles. The number of anilines is 1. The second-order valence-electron chi connectivity index (χ2n) is 5.71. The van der Waals surface area contributed by atoms with Crippen molar-refractivity contribution in [2.75, 3.05) is 25.5 Å². The molecule has 0 spiro atoms. The van der Waals surface area contributed by atoms with Crippen LogP contribution in [0.4, 0.5) is 5.69 Å². The van der Waals surface area contributed by atoms with E-state index in [4.69, 9.17) is 5.73 Å². The second kappa shape index (κ2) is 6.06. The third-order valence-corrected chi connectivity index (χ3v) is 3.32. The van der Waals surface area contributed by atoms with Crippen LogP contribution in [0.2, 0.25) is 0 Å². The van der Waals surface area contributed by atoms with E-state index in [-0.39, 0.29) is 5.91 Å². The molecule has 106 valence electrons. The molecule has 1 aromatic carbocycles. The van der Waals surface area contributed by atoms with Gasteiger partial charge in [0.2, 0.25) is 5.91 Å². The number of hydrogen-bond donors (Lipinski definition) is 2. The van der Waals surface area contributed by atoms with E-state index in [9.17, 15) is 4.79 Å². The molecule has 19 heavy (non-hydrogen) atoms. The minimum atomic E-state index is -0.824. The number of nitrogens with zero attached hydrogens (tertiary/aromatic N) is 1. The molecule has 0 saturated heterocycles. The van der Waals surface area contributed by atoms with Gasteiger partial charge in [0.1, 0.15) is 5.54 Å². The monoisotopic (exact) mass is 263 g/mol. The fourth-order valence-electron chi connectivity index (χ4n) is 1.83. The molecule has 1 aromatic rings.